The molecule has 0 bridgehead atoms. The van der Waals surface area contributed by atoms with Gasteiger partial charge in [0.2, 0.25) is 5.91 Å². The SMILES string of the molecule is O=C(CCO)OCCC(=O)n1c2ccc(-c3cn(-c4ccc(C(=O)O)c(C(F)(F)F)c4)nn3)cc2c2cc(-c3cn(-c4ccc(C(=O)O)c(C(F)(F)F)c4)nn3)ccc21. The molecular formula is C38H25F6N7O8. The van der Waals surface area contributed by atoms with Gasteiger partial charge in [-0.25, -0.2) is 19.0 Å². The number of rotatable bonds is 11. The summed E-state index contributed by atoms with van der Waals surface area (Å²) in [5, 5.41) is 44.5. The van der Waals surface area contributed by atoms with Crippen LogP contribution in [0.25, 0.3) is 55.7 Å². The van der Waals surface area contributed by atoms with Gasteiger partial charge in [0.25, 0.3) is 0 Å². The summed E-state index contributed by atoms with van der Waals surface area (Å²) in [4.78, 5) is 48.3. The molecule has 0 fully saturated rings. The molecule has 0 unspecified atom stereocenters. The van der Waals surface area contributed by atoms with Crippen molar-refractivity contribution >= 4 is 45.6 Å². The average Bonchev–Trinajstić information content (AvgIpc) is 3.95. The van der Waals surface area contributed by atoms with Gasteiger partial charge >= 0.3 is 30.3 Å². The van der Waals surface area contributed by atoms with Crippen molar-refractivity contribution in [2.75, 3.05) is 13.2 Å². The maximum absolute atomic E-state index is 13.7. The summed E-state index contributed by atoms with van der Waals surface area (Å²) < 4.78 is 90.8. The lowest BCUT2D eigenvalue weighted by atomic mass is 10.0. The molecule has 302 valence electrons. The van der Waals surface area contributed by atoms with Gasteiger partial charge in [0.1, 0.15) is 18.0 Å². The Balaban J connectivity index is 1.30. The van der Waals surface area contributed by atoms with Crippen LogP contribution in [0.15, 0.2) is 85.2 Å². The third kappa shape index (κ3) is 7.82. The van der Waals surface area contributed by atoms with Crippen molar-refractivity contribution in [3.05, 3.63) is 107 Å². The highest BCUT2D eigenvalue weighted by molar-refractivity contribution is 6.15. The minimum atomic E-state index is -4.98. The second-order valence-corrected chi connectivity index (χ2v) is 12.8. The molecule has 0 aliphatic carbocycles. The van der Waals surface area contributed by atoms with Crippen molar-refractivity contribution < 1.29 is 65.6 Å². The Morgan fingerprint density at radius 1 is 0.627 bits per heavy atom. The molecule has 3 N–H and O–H groups in total. The number of nitrogens with zero attached hydrogens (tertiary/aromatic N) is 7. The van der Waals surface area contributed by atoms with E-state index in [0.717, 1.165) is 33.6 Å². The first-order chi connectivity index (χ1) is 27.9. The molecule has 7 rings (SSSR count). The summed E-state index contributed by atoms with van der Waals surface area (Å²) in [5.41, 5.74) is -3.04. The fourth-order valence-corrected chi connectivity index (χ4v) is 6.37. The predicted octanol–water partition coefficient (Wildman–Crippen LogP) is 6.68. The van der Waals surface area contributed by atoms with Gasteiger partial charge in [0, 0.05) is 21.9 Å². The second kappa shape index (κ2) is 15.2. The van der Waals surface area contributed by atoms with Gasteiger partial charge in [-0.1, -0.05) is 22.6 Å². The Morgan fingerprint density at radius 2 is 1.08 bits per heavy atom. The summed E-state index contributed by atoms with van der Waals surface area (Å²) in [7, 11) is 0. The van der Waals surface area contributed by atoms with E-state index in [2.05, 4.69) is 20.6 Å². The summed E-state index contributed by atoms with van der Waals surface area (Å²) in [6.45, 7) is -0.739. The van der Waals surface area contributed by atoms with Crippen LogP contribution < -0.4 is 0 Å². The first-order valence-corrected chi connectivity index (χ1v) is 17.1. The molecule has 3 aromatic heterocycles. The number of aromatic nitrogens is 7. The quantitative estimate of drug-likeness (QED) is 0.0924. The van der Waals surface area contributed by atoms with E-state index < -0.39 is 65.0 Å². The molecular weight excluding hydrogens is 796 g/mol. The van der Waals surface area contributed by atoms with Crippen LogP contribution in [0.2, 0.25) is 0 Å². The third-order valence-corrected chi connectivity index (χ3v) is 9.09. The van der Waals surface area contributed by atoms with E-state index in [0.29, 0.717) is 45.1 Å². The molecule has 3 heterocycles. The highest BCUT2D eigenvalue weighted by atomic mass is 19.4. The molecule has 0 saturated heterocycles. The van der Waals surface area contributed by atoms with E-state index in [1.807, 2.05) is 0 Å². The molecule has 0 radical (unpaired) electrons. The molecule has 0 amide bonds. The number of carbonyl (C=O) groups excluding carboxylic acids is 2. The van der Waals surface area contributed by atoms with Crippen molar-refractivity contribution in [3.63, 3.8) is 0 Å². The van der Waals surface area contributed by atoms with E-state index in [9.17, 15) is 55.7 Å². The third-order valence-electron chi connectivity index (χ3n) is 9.09. The molecule has 0 spiro atoms. The molecule has 0 aliphatic rings. The number of halogens is 6. The lowest BCUT2D eigenvalue weighted by molar-refractivity contribution is -0.144. The van der Waals surface area contributed by atoms with Crippen LogP contribution in [0.4, 0.5) is 26.3 Å². The smallest absolute Gasteiger partial charge is 0.417 e. The van der Waals surface area contributed by atoms with Crippen LogP contribution in [0.5, 0.6) is 0 Å². The largest absolute Gasteiger partial charge is 0.478 e. The molecule has 0 saturated carbocycles. The lowest BCUT2D eigenvalue weighted by Gasteiger charge is -2.11. The molecule has 7 aromatic rings. The van der Waals surface area contributed by atoms with Gasteiger partial charge in [-0.05, 0) is 60.7 Å². The standard InChI is InChI=1S/C38H25F6N7O8/c39-37(40,41)27-15-21(3-5-23(27)35(55)56)49-17-29(45-47-49)19-1-7-31-25(13-19)26-14-20(2-8-32(26)51(31)33(53)10-12-59-34(54)9-11-52)30-18-50(48-46-30)22-4-6-24(36(57)58)28(16-22)38(42,43)44/h1-8,13-18,52H,9-12H2,(H,55,56)(H,57,58). The Hall–Kier alpha value is -7.42. The summed E-state index contributed by atoms with van der Waals surface area (Å²) >= 11 is 0. The molecule has 15 nitrogen and oxygen atoms in total. The van der Waals surface area contributed by atoms with Crippen molar-refractivity contribution in [3.8, 4) is 33.9 Å². The first-order valence-electron chi connectivity index (χ1n) is 17.1. The van der Waals surface area contributed by atoms with Crippen molar-refractivity contribution in [2.45, 2.75) is 25.2 Å². The monoisotopic (exact) mass is 821 g/mol. The number of benzene rings is 4. The highest BCUT2D eigenvalue weighted by Gasteiger charge is 2.37. The number of fused-ring (bicyclic) bond motifs is 3. The number of hydrogen-bond donors (Lipinski definition) is 3. The zero-order valence-electron chi connectivity index (χ0n) is 29.7. The van der Waals surface area contributed by atoms with Crippen LogP contribution in [-0.4, -0.2) is 86.9 Å². The first kappa shape index (κ1) is 39.8. The van der Waals surface area contributed by atoms with E-state index in [-0.39, 0.29) is 42.2 Å². The fourth-order valence-electron chi connectivity index (χ4n) is 6.37. The number of aliphatic hydroxyl groups is 1. The topological polar surface area (TPSA) is 205 Å². The van der Waals surface area contributed by atoms with Crippen LogP contribution in [0.3, 0.4) is 0 Å². The predicted molar refractivity (Wildman–Crippen MR) is 192 cm³/mol. The van der Waals surface area contributed by atoms with Crippen LogP contribution >= 0.6 is 0 Å². The molecule has 4 aromatic carbocycles. The number of carboxylic acid groups (broad SMARTS) is 2. The Labute approximate surface area is 325 Å². The van der Waals surface area contributed by atoms with Gasteiger partial charge in [0.15, 0.2) is 0 Å². The number of esters is 1. The summed E-state index contributed by atoms with van der Waals surface area (Å²) in [6.07, 6.45) is -7.86. The number of ether oxygens (including phenoxy) is 1. The number of carbonyl (C=O) groups is 4. The van der Waals surface area contributed by atoms with Crippen LogP contribution in [-0.2, 0) is 21.9 Å². The van der Waals surface area contributed by atoms with Crippen molar-refractivity contribution in [1.82, 2.24) is 34.6 Å². The zero-order valence-corrected chi connectivity index (χ0v) is 29.7. The minimum absolute atomic E-state index is 0.130. The Bertz CT molecular complexity index is 2650. The van der Waals surface area contributed by atoms with Crippen molar-refractivity contribution in [1.29, 1.82) is 0 Å². The number of aliphatic hydroxyl groups excluding tert-OH is 1. The van der Waals surface area contributed by atoms with Gasteiger partial charge < -0.3 is 20.1 Å². The van der Waals surface area contributed by atoms with Crippen LogP contribution in [0.1, 0.15) is 49.5 Å². The average molecular weight is 822 g/mol. The molecule has 0 aliphatic heterocycles. The van der Waals surface area contributed by atoms with Crippen LogP contribution in [0, 0.1) is 0 Å². The fraction of sp³-hybridized carbons (Fsp3) is 0.158. The minimum Gasteiger partial charge on any atom is -0.478 e. The maximum Gasteiger partial charge on any atom is 0.417 e. The lowest BCUT2D eigenvalue weighted by Crippen LogP contribution is -2.15. The van der Waals surface area contributed by atoms with E-state index in [4.69, 9.17) is 9.84 Å². The maximum atomic E-state index is 13.7. The van der Waals surface area contributed by atoms with Crippen molar-refractivity contribution in [2.24, 2.45) is 0 Å². The normalized spacial score (nSPS) is 12.0. The second-order valence-electron chi connectivity index (χ2n) is 12.8. The van der Waals surface area contributed by atoms with E-state index in [1.54, 1.807) is 36.4 Å². The van der Waals surface area contributed by atoms with Gasteiger partial charge in [0.05, 0.1) is 76.5 Å². The van der Waals surface area contributed by atoms with Gasteiger partial charge in [-0.2, -0.15) is 26.3 Å². The van der Waals surface area contributed by atoms with E-state index in [1.165, 1.54) is 17.0 Å². The molecule has 21 heteroatoms. The summed E-state index contributed by atoms with van der Waals surface area (Å²) in [6, 6.07) is 14.7. The Kier molecular flexibility index (Phi) is 10.2. The number of hydrogen-bond acceptors (Lipinski definition) is 10. The molecule has 0 atom stereocenters. The summed E-state index contributed by atoms with van der Waals surface area (Å²) in [5.74, 6) is -4.74. The number of carboxylic acids is 2. The van der Waals surface area contributed by atoms with Gasteiger partial charge in [-0.3, -0.25) is 14.2 Å². The van der Waals surface area contributed by atoms with E-state index >= 15 is 0 Å². The highest BCUT2D eigenvalue weighted by Crippen LogP contribution is 2.37. The Morgan fingerprint density at radius 3 is 1.49 bits per heavy atom. The van der Waals surface area contributed by atoms with Gasteiger partial charge in [-0.15, -0.1) is 10.2 Å². The zero-order chi connectivity index (χ0) is 42.4. The molecule has 59 heavy (non-hydrogen) atoms. The number of aromatic carboxylic acids is 2. The number of alkyl halides is 6.